The van der Waals surface area contributed by atoms with Gasteiger partial charge in [0, 0.05) is 52.5 Å². The van der Waals surface area contributed by atoms with Crippen LogP contribution < -0.4 is 16.0 Å². The topological polar surface area (TPSA) is 83.1 Å². The molecule has 0 fully saturated rings. The number of carbonyl (C=O) groups is 2. The molecule has 0 saturated heterocycles. The molecule has 4 rings (SSSR count). The third-order valence-electron chi connectivity index (χ3n) is 4.98. The number of Topliss-reactive ketones (excluding diaryl/α,β-unsaturated/α-hetero) is 1. The van der Waals surface area contributed by atoms with E-state index < -0.39 is 0 Å². The maximum Gasteiger partial charge on any atom is 0.255 e. The second kappa shape index (κ2) is 8.67. The van der Waals surface area contributed by atoms with Crippen LogP contribution in [0.3, 0.4) is 0 Å². The number of benzene rings is 3. The fourth-order valence-corrected chi connectivity index (χ4v) is 3.29. The van der Waals surface area contributed by atoms with Crippen molar-refractivity contribution in [2.45, 2.75) is 6.92 Å². The molecule has 0 spiro atoms. The standard InChI is InChI=1S/C25H22N4O2/c1-16(30)17-4-3-5-18(14-17)25(31)29-20-8-6-19(7-9-20)28-24-12-13-27-23-11-10-21(26-2)15-22(23)24/h3-15,26H,1-2H3,(H,27,28)(H,29,31). The molecule has 0 radical (unpaired) electrons. The van der Waals surface area contributed by atoms with Crippen molar-refractivity contribution in [3.8, 4) is 0 Å². The smallest absolute Gasteiger partial charge is 0.255 e. The molecule has 3 aromatic carbocycles. The van der Waals surface area contributed by atoms with Crippen LogP contribution in [0.4, 0.5) is 22.7 Å². The van der Waals surface area contributed by atoms with Crippen molar-refractivity contribution >= 4 is 45.3 Å². The minimum absolute atomic E-state index is 0.0736. The maximum absolute atomic E-state index is 12.5. The zero-order chi connectivity index (χ0) is 21.8. The van der Waals surface area contributed by atoms with Crippen molar-refractivity contribution in [3.05, 3.63) is 90.1 Å². The number of anilines is 4. The monoisotopic (exact) mass is 410 g/mol. The molecular formula is C25H22N4O2. The lowest BCUT2D eigenvalue weighted by atomic mass is 10.1. The molecule has 1 amide bonds. The Morgan fingerprint density at radius 3 is 2.26 bits per heavy atom. The third kappa shape index (κ3) is 4.53. The van der Waals surface area contributed by atoms with Gasteiger partial charge in [-0.2, -0.15) is 0 Å². The van der Waals surface area contributed by atoms with Crippen LogP contribution in [0.2, 0.25) is 0 Å². The summed E-state index contributed by atoms with van der Waals surface area (Å²) in [5.41, 5.74) is 5.37. The van der Waals surface area contributed by atoms with Gasteiger partial charge in [-0.1, -0.05) is 12.1 Å². The molecular weight excluding hydrogens is 388 g/mol. The zero-order valence-corrected chi connectivity index (χ0v) is 17.3. The van der Waals surface area contributed by atoms with Crippen molar-refractivity contribution < 1.29 is 9.59 Å². The summed E-state index contributed by atoms with van der Waals surface area (Å²) in [4.78, 5) is 28.5. The van der Waals surface area contributed by atoms with Gasteiger partial charge >= 0.3 is 0 Å². The number of fused-ring (bicyclic) bond motifs is 1. The number of amides is 1. The van der Waals surface area contributed by atoms with Crippen molar-refractivity contribution in [1.29, 1.82) is 0 Å². The van der Waals surface area contributed by atoms with E-state index in [1.165, 1.54) is 6.92 Å². The molecule has 1 aromatic heterocycles. The number of hydrogen-bond acceptors (Lipinski definition) is 5. The summed E-state index contributed by atoms with van der Waals surface area (Å²) in [5, 5.41) is 10.4. The predicted molar refractivity (Wildman–Crippen MR) is 125 cm³/mol. The molecule has 0 unspecified atom stereocenters. The fourth-order valence-electron chi connectivity index (χ4n) is 3.29. The van der Waals surface area contributed by atoms with Crippen molar-refractivity contribution in [2.75, 3.05) is 23.0 Å². The van der Waals surface area contributed by atoms with Crippen molar-refractivity contribution in [2.24, 2.45) is 0 Å². The van der Waals surface area contributed by atoms with E-state index in [9.17, 15) is 9.59 Å². The highest BCUT2D eigenvalue weighted by atomic mass is 16.1. The van der Waals surface area contributed by atoms with Crippen molar-refractivity contribution in [3.63, 3.8) is 0 Å². The highest BCUT2D eigenvalue weighted by Crippen LogP contribution is 2.28. The molecule has 31 heavy (non-hydrogen) atoms. The average Bonchev–Trinajstić information content (AvgIpc) is 2.80. The van der Waals surface area contributed by atoms with Gasteiger partial charge in [0.2, 0.25) is 0 Å². The van der Waals surface area contributed by atoms with Gasteiger partial charge in [-0.25, -0.2) is 0 Å². The minimum Gasteiger partial charge on any atom is -0.388 e. The Morgan fingerprint density at radius 2 is 1.52 bits per heavy atom. The lowest BCUT2D eigenvalue weighted by Gasteiger charge is -2.12. The number of rotatable bonds is 6. The Kier molecular flexibility index (Phi) is 5.62. The first-order valence-corrected chi connectivity index (χ1v) is 9.89. The Balaban J connectivity index is 1.50. The quantitative estimate of drug-likeness (QED) is 0.367. The number of nitrogens with zero attached hydrogens (tertiary/aromatic N) is 1. The van der Waals surface area contributed by atoms with Crippen LogP contribution in [0, 0.1) is 0 Å². The lowest BCUT2D eigenvalue weighted by molar-refractivity contribution is 0.101. The van der Waals surface area contributed by atoms with Crippen LogP contribution in [0.15, 0.2) is 79.0 Å². The Bertz CT molecular complexity index is 1270. The van der Waals surface area contributed by atoms with Gasteiger partial charge in [0.05, 0.1) is 5.52 Å². The van der Waals surface area contributed by atoms with Crippen LogP contribution in [0.5, 0.6) is 0 Å². The zero-order valence-electron chi connectivity index (χ0n) is 17.3. The molecule has 0 saturated carbocycles. The lowest BCUT2D eigenvalue weighted by Crippen LogP contribution is -2.12. The van der Waals surface area contributed by atoms with E-state index in [4.69, 9.17) is 0 Å². The molecule has 6 nitrogen and oxygen atoms in total. The minimum atomic E-state index is -0.261. The molecule has 4 aromatic rings. The highest BCUT2D eigenvalue weighted by Gasteiger charge is 2.09. The fraction of sp³-hybridized carbons (Fsp3) is 0.0800. The van der Waals surface area contributed by atoms with Gasteiger partial charge in [0.25, 0.3) is 5.91 Å². The number of nitrogens with one attached hydrogen (secondary N) is 3. The first-order valence-electron chi connectivity index (χ1n) is 9.89. The summed E-state index contributed by atoms with van der Waals surface area (Å²) in [6.45, 7) is 1.48. The van der Waals surface area contributed by atoms with E-state index in [0.29, 0.717) is 16.8 Å². The van der Waals surface area contributed by atoms with Gasteiger partial charge in [-0.3, -0.25) is 14.6 Å². The van der Waals surface area contributed by atoms with Crippen LogP contribution in [-0.4, -0.2) is 23.7 Å². The summed E-state index contributed by atoms with van der Waals surface area (Å²) < 4.78 is 0. The molecule has 3 N–H and O–H groups in total. The molecule has 0 bridgehead atoms. The SMILES string of the molecule is CNc1ccc2nccc(Nc3ccc(NC(=O)c4cccc(C(C)=O)c4)cc3)c2c1. The number of carbonyl (C=O) groups excluding carboxylic acids is 2. The predicted octanol–water partition coefficient (Wildman–Crippen LogP) is 5.48. The third-order valence-corrected chi connectivity index (χ3v) is 4.98. The number of aromatic nitrogens is 1. The summed E-state index contributed by atoms with van der Waals surface area (Å²) in [6, 6.07) is 22.1. The number of pyridine rings is 1. The van der Waals surface area contributed by atoms with Crippen LogP contribution in [0.1, 0.15) is 27.6 Å². The van der Waals surface area contributed by atoms with E-state index in [-0.39, 0.29) is 11.7 Å². The molecule has 0 aliphatic rings. The van der Waals surface area contributed by atoms with E-state index in [2.05, 4.69) is 27.0 Å². The largest absolute Gasteiger partial charge is 0.388 e. The van der Waals surface area contributed by atoms with Crippen LogP contribution >= 0.6 is 0 Å². The normalized spacial score (nSPS) is 10.5. The van der Waals surface area contributed by atoms with E-state index >= 15 is 0 Å². The summed E-state index contributed by atoms with van der Waals surface area (Å²) in [5.74, 6) is -0.334. The number of hydrogen-bond donors (Lipinski definition) is 3. The molecule has 154 valence electrons. The Hall–Kier alpha value is -4.19. The molecule has 0 atom stereocenters. The first kappa shape index (κ1) is 20.1. The second-order valence-corrected chi connectivity index (χ2v) is 7.13. The second-order valence-electron chi connectivity index (χ2n) is 7.13. The Labute approximate surface area is 180 Å². The average molecular weight is 410 g/mol. The first-order chi connectivity index (χ1) is 15.0. The number of ketones is 1. The van der Waals surface area contributed by atoms with Gasteiger partial charge < -0.3 is 16.0 Å². The van der Waals surface area contributed by atoms with Gasteiger partial charge in [-0.05, 0) is 67.6 Å². The van der Waals surface area contributed by atoms with E-state index in [1.54, 1.807) is 30.5 Å². The van der Waals surface area contributed by atoms with E-state index in [1.807, 2.05) is 49.5 Å². The summed E-state index contributed by atoms with van der Waals surface area (Å²) in [6.07, 6.45) is 1.77. The van der Waals surface area contributed by atoms with Gasteiger partial charge in [-0.15, -0.1) is 0 Å². The summed E-state index contributed by atoms with van der Waals surface area (Å²) >= 11 is 0. The molecule has 1 heterocycles. The molecule has 6 heteroatoms. The van der Waals surface area contributed by atoms with Crippen molar-refractivity contribution in [1.82, 2.24) is 4.98 Å². The van der Waals surface area contributed by atoms with Gasteiger partial charge in [0.1, 0.15) is 0 Å². The molecule has 0 aliphatic heterocycles. The van der Waals surface area contributed by atoms with Crippen LogP contribution in [-0.2, 0) is 0 Å². The molecule has 0 aliphatic carbocycles. The summed E-state index contributed by atoms with van der Waals surface area (Å²) in [7, 11) is 1.88. The highest BCUT2D eigenvalue weighted by molar-refractivity contribution is 6.06. The van der Waals surface area contributed by atoms with Crippen LogP contribution in [0.25, 0.3) is 10.9 Å². The van der Waals surface area contributed by atoms with Gasteiger partial charge in [0.15, 0.2) is 5.78 Å². The Morgan fingerprint density at radius 1 is 0.806 bits per heavy atom. The van der Waals surface area contributed by atoms with E-state index in [0.717, 1.165) is 28.0 Å². The maximum atomic E-state index is 12.5.